The SMILES string of the molecule is Cc1cc2c3c(c1)N1c4cc(C)cc5c4B(c4cccc(c41)B3c1ccncc1O2)c1cccc2c1N5c1cc(C)cc3c1B2c1ccnc2c4c(-c5ccccc5)cc(-c5ccccc5)cc4n-3c12. The molecule has 0 bridgehead atoms. The van der Waals surface area contributed by atoms with Gasteiger partial charge in [-0.05, 0) is 170 Å². The summed E-state index contributed by atoms with van der Waals surface area (Å²) in [5.41, 5.74) is 32.2. The number of aryl methyl sites for hydroxylation is 3. The third kappa shape index (κ3) is 4.50. The second-order valence-corrected chi connectivity index (χ2v) is 20.3. The van der Waals surface area contributed by atoms with Gasteiger partial charge in [0.25, 0.3) is 20.1 Å². The van der Waals surface area contributed by atoms with E-state index in [4.69, 9.17) is 9.72 Å². The fourth-order valence-electron chi connectivity index (χ4n) is 14.0. The molecule has 3 aromatic heterocycles. The van der Waals surface area contributed by atoms with Crippen LogP contribution in [0.2, 0.25) is 0 Å². The van der Waals surface area contributed by atoms with Crippen LogP contribution in [0, 0.1) is 20.8 Å². The van der Waals surface area contributed by atoms with Gasteiger partial charge in [0.1, 0.15) is 11.5 Å². The van der Waals surface area contributed by atoms with Gasteiger partial charge in [-0.25, -0.2) is 0 Å². The molecule has 9 heteroatoms. The van der Waals surface area contributed by atoms with Crippen LogP contribution in [0.4, 0.5) is 34.1 Å². The fourth-order valence-corrected chi connectivity index (χ4v) is 14.0. The van der Waals surface area contributed by atoms with E-state index in [0.29, 0.717) is 0 Å². The van der Waals surface area contributed by atoms with Crippen LogP contribution in [0.25, 0.3) is 49.9 Å². The van der Waals surface area contributed by atoms with E-state index < -0.39 is 0 Å². The molecule has 322 valence electrons. The number of para-hydroxylation sites is 2. The summed E-state index contributed by atoms with van der Waals surface area (Å²) in [5, 5.41) is 1.19. The highest BCUT2D eigenvalue weighted by Gasteiger charge is 2.52. The topological polar surface area (TPSA) is 46.4 Å². The van der Waals surface area contributed by atoms with Crippen molar-refractivity contribution in [3.63, 3.8) is 0 Å². The third-order valence-electron chi connectivity index (χ3n) is 16.4. The van der Waals surface area contributed by atoms with Crippen LogP contribution in [0.5, 0.6) is 11.5 Å². The van der Waals surface area contributed by atoms with E-state index in [9.17, 15) is 0 Å². The highest BCUT2D eigenvalue weighted by Crippen LogP contribution is 2.49. The Hall–Kier alpha value is -8.55. The van der Waals surface area contributed by atoms with Crippen LogP contribution >= 0.6 is 0 Å². The molecular weight excluding hydrogens is 851 g/mol. The lowest BCUT2D eigenvalue weighted by Gasteiger charge is -2.50. The average Bonchev–Trinajstić information content (AvgIpc) is 3.73. The predicted octanol–water partition coefficient (Wildman–Crippen LogP) is 7.99. The van der Waals surface area contributed by atoms with Crippen molar-refractivity contribution in [3.8, 4) is 39.4 Å². The molecule has 17 rings (SSSR count). The Kier molecular flexibility index (Phi) is 6.93. The maximum Gasteiger partial charge on any atom is 0.256 e. The van der Waals surface area contributed by atoms with Crippen molar-refractivity contribution in [2.75, 3.05) is 9.80 Å². The smallest absolute Gasteiger partial charge is 0.256 e. The van der Waals surface area contributed by atoms with Crippen molar-refractivity contribution in [1.29, 1.82) is 0 Å². The molecule has 0 N–H and O–H groups in total. The first kappa shape index (κ1) is 37.4. The number of aromatic nitrogens is 3. The molecule has 0 saturated carbocycles. The van der Waals surface area contributed by atoms with E-state index >= 15 is 0 Å². The maximum atomic E-state index is 6.76. The van der Waals surface area contributed by atoms with Gasteiger partial charge >= 0.3 is 0 Å². The van der Waals surface area contributed by atoms with Crippen molar-refractivity contribution in [1.82, 2.24) is 14.5 Å². The van der Waals surface area contributed by atoms with Crippen LogP contribution < -0.4 is 63.7 Å². The lowest BCUT2D eigenvalue weighted by molar-refractivity contribution is 0.485. The maximum absolute atomic E-state index is 6.76. The van der Waals surface area contributed by atoms with E-state index in [1.165, 1.54) is 139 Å². The van der Waals surface area contributed by atoms with Crippen LogP contribution in [-0.4, -0.2) is 34.7 Å². The molecule has 0 saturated heterocycles. The number of benzene rings is 8. The summed E-state index contributed by atoms with van der Waals surface area (Å²) in [5.74, 6) is 1.75. The highest BCUT2D eigenvalue weighted by molar-refractivity contribution is 7.06. The van der Waals surface area contributed by atoms with Gasteiger partial charge in [0, 0.05) is 57.6 Å². The average molecular weight is 889 g/mol. The molecule has 0 aliphatic carbocycles. The molecule has 70 heavy (non-hydrogen) atoms. The van der Waals surface area contributed by atoms with Crippen molar-refractivity contribution < 1.29 is 4.74 Å². The molecule has 0 atom stereocenters. The third-order valence-corrected chi connectivity index (χ3v) is 16.4. The second-order valence-electron chi connectivity index (χ2n) is 20.3. The number of nitrogens with zero attached hydrogens (tertiary/aromatic N) is 5. The summed E-state index contributed by atoms with van der Waals surface area (Å²) in [6, 6.07) is 59.6. The molecule has 6 aliphatic rings. The molecule has 0 spiro atoms. The van der Waals surface area contributed by atoms with Crippen molar-refractivity contribution >= 4 is 125 Å². The van der Waals surface area contributed by atoms with E-state index in [-0.39, 0.29) is 20.1 Å². The number of anilines is 6. The first-order valence-corrected chi connectivity index (χ1v) is 24.5. The number of ether oxygens (including phenoxy) is 1. The summed E-state index contributed by atoms with van der Waals surface area (Å²) < 4.78 is 9.33. The van der Waals surface area contributed by atoms with Crippen molar-refractivity contribution in [2.24, 2.45) is 0 Å². The van der Waals surface area contributed by atoms with Gasteiger partial charge in [-0.2, -0.15) is 0 Å². The first-order valence-electron chi connectivity index (χ1n) is 24.5. The zero-order valence-electron chi connectivity index (χ0n) is 38.6. The van der Waals surface area contributed by atoms with Gasteiger partial charge in [-0.15, -0.1) is 0 Å². The van der Waals surface area contributed by atoms with Gasteiger partial charge in [0.15, 0.2) is 0 Å². The van der Waals surface area contributed by atoms with Crippen LogP contribution in [0.15, 0.2) is 176 Å². The predicted molar refractivity (Wildman–Crippen MR) is 291 cm³/mol. The minimum absolute atomic E-state index is 0.00810. The first-order chi connectivity index (χ1) is 34.5. The number of rotatable bonds is 2. The minimum atomic E-state index is -0.0101. The van der Waals surface area contributed by atoms with Crippen LogP contribution in [0.3, 0.4) is 0 Å². The number of hydrogen-bond acceptors (Lipinski definition) is 5. The Morgan fingerprint density at radius 3 is 1.64 bits per heavy atom. The van der Waals surface area contributed by atoms with E-state index in [0.717, 1.165) is 22.5 Å². The lowest BCUT2D eigenvalue weighted by Crippen LogP contribution is -2.70. The summed E-state index contributed by atoms with van der Waals surface area (Å²) >= 11 is 0. The zero-order valence-corrected chi connectivity index (χ0v) is 38.6. The Labute approximate surface area is 405 Å². The quantitative estimate of drug-likeness (QED) is 0.165. The Morgan fingerprint density at radius 2 is 0.986 bits per heavy atom. The summed E-state index contributed by atoms with van der Waals surface area (Å²) in [7, 11) is 0. The number of fused-ring (bicyclic) bond motifs is 15. The van der Waals surface area contributed by atoms with E-state index in [2.05, 4.69) is 204 Å². The van der Waals surface area contributed by atoms with Crippen molar-refractivity contribution in [2.45, 2.75) is 20.8 Å². The normalized spacial score (nSPS) is 14.2. The molecule has 8 aromatic carbocycles. The summed E-state index contributed by atoms with van der Waals surface area (Å²) in [6.45, 7) is 6.76. The standard InChI is InChI=1S/C61H38B3N5O/c1-33-24-47-55-48(25-33)68-49-26-34(2)27-50-56(49)63(42-17-10-16-41-59(42)69(50)51-28-35(3)29-52-57(51)62(41)40-20-22-65-32-53(40)70-52)43-18-11-19-44(60(43)68)64(55)45-21-23-66-58-54-39(37-14-8-5-9-15-37)30-38(36-12-6-4-7-13-36)31-46(54)67(47)61(45)58/h4-32H,1-3H3. The van der Waals surface area contributed by atoms with E-state index in [1.54, 1.807) is 0 Å². The Morgan fingerprint density at radius 1 is 0.443 bits per heavy atom. The molecule has 0 fully saturated rings. The van der Waals surface area contributed by atoms with Gasteiger partial charge in [0.05, 0.1) is 22.7 Å². The molecular formula is C61H38B3N5O. The molecule has 9 heterocycles. The fraction of sp³-hybridized carbons (Fsp3) is 0.0492. The van der Waals surface area contributed by atoms with E-state index in [1.807, 2.05) is 12.4 Å². The number of pyridine rings is 2. The van der Waals surface area contributed by atoms with Gasteiger partial charge < -0.3 is 19.1 Å². The number of hydrogen-bond donors (Lipinski definition) is 0. The van der Waals surface area contributed by atoms with Gasteiger partial charge in [0.2, 0.25) is 0 Å². The molecule has 0 radical (unpaired) electrons. The van der Waals surface area contributed by atoms with Crippen LogP contribution in [0.1, 0.15) is 16.7 Å². The Bertz CT molecular complexity index is 4240. The Balaban J connectivity index is 0.979. The molecule has 0 amide bonds. The monoisotopic (exact) mass is 889 g/mol. The lowest BCUT2D eigenvalue weighted by atomic mass is 9.27. The molecule has 6 aliphatic heterocycles. The van der Waals surface area contributed by atoms with Crippen LogP contribution in [-0.2, 0) is 0 Å². The zero-order chi connectivity index (χ0) is 45.8. The molecule has 11 aromatic rings. The summed E-state index contributed by atoms with van der Waals surface area (Å²) in [6.07, 6.45) is 5.86. The second kappa shape index (κ2) is 13.0. The summed E-state index contributed by atoms with van der Waals surface area (Å²) in [4.78, 5) is 15.1. The van der Waals surface area contributed by atoms with Crippen molar-refractivity contribution in [3.05, 3.63) is 193 Å². The largest absolute Gasteiger partial charge is 0.457 e. The molecule has 6 nitrogen and oxygen atoms in total. The minimum Gasteiger partial charge on any atom is -0.457 e. The van der Waals surface area contributed by atoms with Gasteiger partial charge in [-0.1, -0.05) is 97.1 Å². The highest BCUT2D eigenvalue weighted by atomic mass is 16.5. The molecule has 0 unspecified atom stereocenters. The van der Waals surface area contributed by atoms with Gasteiger partial charge in [-0.3, -0.25) is 9.97 Å².